The van der Waals surface area contributed by atoms with Gasteiger partial charge in [-0.3, -0.25) is 9.59 Å². The molecule has 0 aliphatic carbocycles. The second-order valence-electron chi connectivity index (χ2n) is 7.24. The molecule has 26 heavy (non-hydrogen) atoms. The molecular weight excluding hydrogens is 330 g/mol. The number of nitrogens with zero attached hydrogens (tertiary/aromatic N) is 1. The van der Waals surface area contributed by atoms with Crippen molar-refractivity contribution in [3.8, 4) is 0 Å². The fourth-order valence-corrected chi connectivity index (χ4v) is 2.94. The Balaban J connectivity index is 0. The maximum absolute atomic E-state index is 10.1. The molecule has 0 unspecified atom stereocenters. The Kier molecular flexibility index (Phi) is 17.9. The highest BCUT2D eigenvalue weighted by Crippen LogP contribution is 2.16. The van der Waals surface area contributed by atoms with E-state index in [4.69, 9.17) is 0 Å². The highest BCUT2D eigenvalue weighted by atomic mass is 16.4. The maximum atomic E-state index is 10.1. The van der Waals surface area contributed by atoms with Gasteiger partial charge < -0.3 is 14.4 Å². The zero-order valence-electron chi connectivity index (χ0n) is 17.8. The molecule has 0 amide bonds. The molecule has 0 aromatic heterocycles. The number of rotatable bonds is 15. The molecule has 0 heterocycles. The second kappa shape index (κ2) is 17.2. The fourth-order valence-electron chi connectivity index (χ4n) is 2.94. The van der Waals surface area contributed by atoms with Gasteiger partial charge >= 0.3 is 0 Å². The number of unbranched alkanes of at least 4 members (excludes halogenated alkanes) is 4. The topological polar surface area (TPSA) is 74.3 Å². The Bertz CT molecular complexity index is 356. The van der Waals surface area contributed by atoms with Gasteiger partial charge in [-0.15, -0.1) is 0 Å². The summed E-state index contributed by atoms with van der Waals surface area (Å²) in [4.78, 5) is 29.7. The van der Waals surface area contributed by atoms with E-state index < -0.39 is 24.0 Å². The molecule has 0 fully saturated rings. The molecular formula is C21H41NO4. The van der Waals surface area contributed by atoms with E-state index in [1.165, 1.54) is 82.0 Å². The molecule has 0 aliphatic heterocycles. The molecule has 0 atom stereocenters. The molecule has 5 heteroatoms. The minimum atomic E-state index is -1.80. The largest absolute Gasteiger partial charge is 0.542 e. The number of carboxylic acids is 1. The van der Waals surface area contributed by atoms with Gasteiger partial charge in [0.05, 0.1) is 32.6 Å². The first-order valence-corrected chi connectivity index (χ1v) is 10.4. The normalized spacial score (nSPS) is 10.8. The Morgan fingerprint density at radius 2 is 1.00 bits per heavy atom. The third kappa shape index (κ3) is 15.1. The fraction of sp³-hybridized carbons (Fsp3) is 0.857. The molecule has 0 spiro atoms. The lowest BCUT2D eigenvalue weighted by Crippen LogP contribution is -2.50. The van der Waals surface area contributed by atoms with Crippen LogP contribution in [0.25, 0.3) is 0 Å². The zero-order chi connectivity index (χ0) is 20.4. The van der Waals surface area contributed by atoms with Crippen LogP contribution in [-0.4, -0.2) is 48.2 Å². The van der Waals surface area contributed by atoms with Crippen molar-refractivity contribution in [2.75, 3.05) is 26.2 Å². The van der Waals surface area contributed by atoms with Gasteiger partial charge in [0.25, 0.3) is 0 Å². The summed E-state index contributed by atoms with van der Waals surface area (Å²) in [6, 6.07) is 0. The first-order chi connectivity index (χ1) is 12.3. The van der Waals surface area contributed by atoms with E-state index >= 15 is 0 Å². The van der Waals surface area contributed by atoms with E-state index in [1.54, 1.807) is 0 Å². The van der Waals surface area contributed by atoms with Crippen LogP contribution in [0.3, 0.4) is 0 Å². The lowest BCUT2D eigenvalue weighted by molar-refractivity contribution is -0.929. The highest BCUT2D eigenvalue weighted by molar-refractivity contribution is 6.35. The monoisotopic (exact) mass is 371 g/mol. The van der Waals surface area contributed by atoms with Crippen LogP contribution in [0.2, 0.25) is 0 Å². The average Bonchev–Trinajstić information content (AvgIpc) is 2.60. The maximum Gasteiger partial charge on any atom is 0.185 e. The van der Waals surface area contributed by atoms with Gasteiger partial charge in [-0.1, -0.05) is 53.4 Å². The first kappa shape index (κ1) is 27.0. The van der Waals surface area contributed by atoms with E-state index in [9.17, 15) is 19.5 Å². The number of carboxylic acid groups (broad SMARTS) is 1. The highest BCUT2D eigenvalue weighted by Gasteiger charge is 2.24. The van der Waals surface area contributed by atoms with Crippen LogP contribution in [0.15, 0.2) is 0 Å². The molecule has 0 N–H and O–H groups in total. The number of Topliss-reactive ketones (excluding diaryl/α,β-unsaturated/α-hetero) is 2. The Hall–Kier alpha value is -1.23. The predicted molar refractivity (Wildman–Crippen MR) is 105 cm³/mol. The number of hydrogen-bond acceptors (Lipinski definition) is 4. The quantitative estimate of drug-likeness (QED) is 0.251. The number of carbonyl (C=O) groups excluding carboxylic acids is 3. The molecule has 0 rings (SSSR count). The van der Waals surface area contributed by atoms with Gasteiger partial charge in [0, 0.05) is 0 Å². The van der Waals surface area contributed by atoms with E-state index in [2.05, 4.69) is 27.7 Å². The van der Waals surface area contributed by atoms with E-state index in [0.29, 0.717) is 0 Å². The summed E-state index contributed by atoms with van der Waals surface area (Å²) in [6.07, 6.45) is 10.5. The van der Waals surface area contributed by atoms with Crippen molar-refractivity contribution in [3.05, 3.63) is 0 Å². The summed E-state index contributed by atoms with van der Waals surface area (Å²) in [5.41, 5.74) is 0. The summed E-state index contributed by atoms with van der Waals surface area (Å²) in [5, 5.41) is 9.62. The van der Waals surface area contributed by atoms with Crippen LogP contribution >= 0.6 is 0 Å². The van der Waals surface area contributed by atoms with E-state index in [0.717, 1.165) is 6.92 Å². The van der Waals surface area contributed by atoms with Crippen LogP contribution < -0.4 is 5.11 Å². The number of aliphatic carboxylic acids is 1. The molecule has 0 saturated heterocycles. The minimum Gasteiger partial charge on any atom is -0.542 e. The number of quaternary nitrogens is 1. The molecule has 0 bridgehead atoms. The van der Waals surface area contributed by atoms with Gasteiger partial charge in [0.1, 0.15) is 11.8 Å². The van der Waals surface area contributed by atoms with E-state index in [1.807, 2.05) is 0 Å². The molecule has 0 saturated carbocycles. The molecule has 5 nitrogen and oxygen atoms in total. The van der Waals surface area contributed by atoms with Crippen LogP contribution in [0.5, 0.6) is 0 Å². The molecule has 0 aromatic carbocycles. The summed E-state index contributed by atoms with van der Waals surface area (Å²) >= 11 is 0. The van der Waals surface area contributed by atoms with Gasteiger partial charge in [-0.2, -0.15) is 0 Å². The Labute approximate surface area is 160 Å². The second-order valence-corrected chi connectivity index (χ2v) is 7.24. The van der Waals surface area contributed by atoms with Crippen LogP contribution in [0.1, 0.15) is 92.4 Å². The minimum absolute atomic E-state index is 0.468. The molecule has 154 valence electrons. The smallest absolute Gasteiger partial charge is 0.185 e. The van der Waals surface area contributed by atoms with Crippen molar-refractivity contribution in [1.29, 1.82) is 0 Å². The number of hydrogen-bond donors (Lipinski definition) is 0. The van der Waals surface area contributed by atoms with Gasteiger partial charge in [-0.25, -0.2) is 0 Å². The van der Waals surface area contributed by atoms with Crippen molar-refractivity contribution >= 4 is 17.5 Å². The van der Waals surface area contributed by atoms with Gasteiger partial charge in [0.15, 0.2) is 5.78 Å². The predicted octanol–water partition coefficient (Wildman–Crippen LogP) is 3.29. The summed E-state index contributed by atoms with van der Waals surface area (Å²) in [6.45, 7) is 16.2. The van der Waals surface area contributed by atoms with Crippen molar-refractivity contribution in [3.63, 3.8) is 0 Å². The van der Waals surface area contributed by atoms with Crippen LogP contribution in [0.4, 0.5) is 0 Å². The van der Waals surface area contributed by atoms with Gasteiger partial charge in [0.2, 0.25) is 0 Å². The van der Waals surface area contributed by atoms with Crippen molar-refractivity contribution < 1.29 is 24.0 Å². The molecule has 0 aromatic rings. The van der Waals surface area contributed by atoms with Gasteiger partial charge in [-0.05, 0) is 32.6 Å². The summed E-state index contributed by atoms with van der Waals surface area (Å²) < 4.78 is 1.42. The van der Waals surface area contributed by atoms with Crippen molar-refractivity contribution in [2.24, 2.45) is 0 Å². The van der Waals surface area contributed by atoms with E-state index in [-0.39, 0.29) is 0 Å². The SMILES string of the molecule is CC(=O)CC(=O)C(=O)[O-].CCCC[N+](CCCC)(CCCC)CCCC. The first-order valence-electron chi connectivity index (χ1n) is 10.4. The van der Waals surface area contributed by atoms with Crippen molar-refractivity contribution in [1.82, 2.24) is 0 Å². The Morgan fingerprint density at radius 1 is 0.692 bits per heavy atom. The average molecular weight is 372 g/mol. The third-order valence-electron chi connectivity index (χ3n) is 4.58. The summed E-state index contributed by atoms with van der Waals surface area (Å²) in [7, 11) is 0. The zero-order valence-corrected chi connectivity index (χ0v) is 17.8. The lowest BCUT2D eigenvalue weighted by Gasteiger charge is -2.39. The van der Waals surface area contributed by atoms with Crippen LogP contribution in [-0.2, 0) is 14.4 Å². The molecule has 0 radical (unpaired) electrons. The number of ketones is 2. The van der Waals surface area contributed by atoms with Crippen molar-refractivity contribution in [2.45, 2.75) is 92.4 Å². The standard InChI is InChI=1S/C16H36N.C5H6O4/c1-5-9-13-17(14-10-6-2,15-11-7-3)16-12-8-4;1-3(6)2-4(7)5(8)9/h5-16H2,1-4H3;2H2,1H3,(H,8,9)/q+1;/p-1. The summed E-state index contributed by atoms with van der Waals surface area (Å²) in [5.74, 6) is -3.43. The molecule has 0 aliphatic rings. The Morgan fingerprint density at radius 3 is 1.15 bits per heavy atom. The lowest BCUT2D eigenvalue weighted by atomic mass is 10.1. The third-order valence-corrected chi connectivity index (χ3v) is 4.58. The van der Waals surface area contributed by atoms with Crippen LogP contribution in [0, 0.1) is 0 Å². The number of carbonyl (C=O) groups is 3.